The molecule has 10 aromatic rings. The highest BCUT2D eigenvalue weighted by molar-refractivity contribution is 6.13. The third-order valence-corrected chi connectivity index (χ3v) is 10.8. The number of rotatable bonds is 7. The topological polar surface area (TPSA) is 50.6 Å². The van der Waals surface area contributed by atoms with Crippen molar-refractivity contribution in [2.75, 3.05) is 7.05 Å². The zero-order valence-electron chi connectivity index (χ0n) is 29.7. The summed E-state index contributed by atoms with van der Waals surface area (Å²) in [5.74, 6) is 0.919. The van der Waals surface area contributed by atoms with E-state index in [1.54, 1.807) is 0 Å². The van der Waals surface area contributed by atoms with Gasteiger partial charge < -0.3 is 14.5 Å². The van der Waals surface area contributed by atoms with Crippen molar-refractivity contribution in [3.05, 3.63) is 187 Å². The second-order valence-electron chi connectivity index (χ2n) is 13.6. The summed E-state index contributed by atoms with van der Waals surface area (Å²) in [5.41, 5.74) is 10.3. The number of fused-ring (bicyclic) bond motifs is 9. The Morgan fingerprint density at radius 3 is 1.46 bits per heavy atom. The summed E-state index contributed by atoms with van der Waals surface area (Å²) in [7, 11) is 1.99. The van der Waals surface area contributed by atoms with E-state index in [0.717, 1.165) is 44.7 Å². The monoisotopic (exact) mass is 693 g/mol. The number of nitriles is 1. The lowest BCUT2D eigenvalue weighted by Crippen LogP contribution is -2.15. The molecule has 0 unspecified atom stereocenters. The molecule has 0 saturated heterocycles. The molecule has 256 valence electrons. The van der Waals surface area contributed by atoms with Gasteiger partial charge in [-0.2, -0.15) is 5.26 Å². The van der Waals surface area contributed by atoms with Crippen LogP contribution in [0.1, 0.15) is 11.1 Å². The Hall–Kier alpha value is -7.29. The second kappa shape index (κ2) is 12.7. The number of nitrogens with one attached hydrogen (secondary N) is 1. The average molecular weight is 694 g/mol. The molecule has 0 amide bonds. The zero-order chi connectivity index (χ0) is 36.2. The van der Waals surface area contributed by atoms with Crippen molar-refractivity contribution in [2.45, 2.75) is 6.54 Å². The lowest BCUT2D eigenvalue weighted by atomic mass is 9.99. The van der Waals surface area contributed by atoms with Crippen LogP contribution < -0.4 is 5.32 Å². The predicted octanol–water partition coefficient (Wildman–Crippen LogP) is 11.7. The Balaban J connectivity index is 1.29. The van der Waals surface area contributed by atoms with Gasteiger partial charge in [0.25, 0.3) is 0 Å². The summed E-state index contributed by atoms with van der Waals surface area (Å²) in [6.07, 6.45) is 4.50. The molecule has 0 bridgehead atoms. The summed E-state index contributed by atoms with van der Waals surface area (Å²) >= 11 is 0. The van der Waals surface area contributed by atoms with E-state index in [9.17, 15) is 5.26 Å². The molecule has 0 saturated carbocycles. The van der Waals surface area contributed by atoms with Crippen LogP contribution >= 0.6 is 0 Å². The maximum atomic E-state index is 10.4. The maximum Gasteiger partial charge on any atom is 0.118 e. The van der Waals surface area contributed by atoms with E-state index in [1.807, 2.05) is 19.2 Å². The number of allylic oxidation sites excluding steroid dienone is 3. The van der Waals surface area contributed by atoms with Crippen LogP contribution in [0.15, 0.2) is 176 Å². The molecule has 0 aliphatic carbocycles. The Labute approximate surface area is 312 Å². The first kappa shape index (κ1) is 31.4. The molecular formula is C49H35N5. The van der Waals surface area contributed by atoms with E-state index in [1.165, 1.54) is 43.4 Å². The van der Waals surface area contributed by atoms with Crippen molar-refractivity contribution in [2.24, 2.45) is 0 Å². The third kappa shape index (κ3) is 4.78. The van der Waals surface area contributed by atoms with Gasteiger partial charge in [0.1, 0.15) is 5.82 Å². The van der Waals surface area contributed by atoms with Gasteiger partial charge in [0.2, 0.25) is 0 Å². The van der Waals surface area contributed by atoms with Crippen molar-refractivity contribution in [3.63, 3.8) is 0 Å². The highest BCUT2D eigenvalue weighted by atomic mass is 15.1. The van der Waals surface area contributed by atoms with E-state index in [-0.39, 0.29) is 0 Å². The van der Waals surface area contributed by atoms with Gasteiger partial charge in [-0.05, 0) is 54.6 Å². The Bertz CT molecular complexity index is 3030. The van der Waals surface area contributed by atoms with E-state index < -0.39 is 0 Å². The fraction of sp³-hybridized carbons (Fsp3) is 0.0408. The number of hydrogen-bond donors (Lipinski definition) is 1. The van der Waals surface area contributed by atoms with Crippen LogP contribution in [0.4, 0.5) is 0 Å². The molecule has 0 aliphatic heterocycles. The van der Waals surface area contributed by atoms with Gasteiger partial charge in [-0.25, -0.2) is 0 Å². The highest BCUT2D eigenvalue weighted by Crippen LogP contribution is 2.39. The summed E-state index contributed by atoms with van der Waals surface area (Å²) in [4.78, 5) is 0. The smallest absolute Gasteiger partial charge is 0.118 e. The molecule has 10 rings (SSSR count). The van der Waals surface area contributed by atoms with Gasteiger partial charge in [-0.1, -0.05) is 121 Å². The molecule has 0 aliphatic rings. The van der Waals surface area contributed by atoms with Gasteiger partial charge in [-0.3, -0.25) is 4.57 Å². The summed E-state index contributed by atoms with van der Waals surface area (Å²) in [6, 6.07) is 60.1. The van der Waals surface area contributed by atoms with Gasteiger partial charge in [-0.15, -0.1) is 0 Å². The minimum Gasteiger partial charge on any atom is -0.374 e. The van der Waals surface area contributed by atoms with Crippen LogP contribution in [0, 0.1) is 11.3 Å². The number of para-hydroxylation sites is 6. The van der Waals surface area contributed by atoms with Crippen molar-refractivity contribution in [3.8, 4) is 11.8 Å². The molecule has 1 N–H and O–H groups in total. The highest BCUT2D eigenvalue weighted by Gasteiger charge is 2.21. The summed E-state index contributed by atoms with van der Waals surface area (Å²) < 4.78 is 7.07. The number of aromatic nitrogens is 3. The molecular weight excluding hydrogens is 659 g/mol. The summed E-state index contributed by atoms with van der Waals surface area (Å²) in [5, 5.41) is 21.3. The normalized spacial score (nSPS) is 12.4. The third-order valence-electron chi connectivity index (χ3n) is 10.8. The van der Waals surface area contributed by atoms with Crippen molar-refractivity contribution < 1.29 is 0 Å². The van der Waals surface area contributed by atoms with Crippen LogP contribution in [-0.2, 0) is 6.54 Å². The standard InChI is InChI=1S/C49H35N5/c1-51-49(54-46-26-12-6-19-38(46)39-20-7-13-27-47(39)54)40(21-14-30-52-42-22-8-2-15-34(42)35-16-3-9-23-43(35)52)41-31-33(32-50)28-29-48(41)53-44-24-10-4-17-36(44)37-18-5-11-25-45(37)53/h2-29,31,51H,30H2,1H3/b21-14-,49-40-. The lowest BCUT2D eigenvalue weighted by Gasteiger charge is -2.21. The fourth-order valence-electron chi connectivity index (χ4n) is 8.50. The van der Waals surface area contributed by atoms with Crippen LogP contribution in [0.3, 0.4) is 0 Å². The molecule has 5 heteroatoms. The molecule has 3 heterocycles. The number of nitrogens with zero attached hydrogens (tertiary/aromatic N) is 4. The molecule has 0 spiro atoms. The largest absolute Gasteiger partial charge is 0.374 e. The van der Waals surface area contributed by atoms with Gasteiger partial charge in [0.05, 0.1) is 39.4 Å². The number of hydrogen-bond acceptors (Lipinski definition) is 2. The minimum absolute atomic E-state index is 0.598. The SMILES string of the molecule is CN/C(=C(\C=C/Cn1c2ccccc2c2ccccc21)c1cc(C#N)ccc1-n1c2ccccc2c2ccccc21)n1c2ccccc2c2ccccc21. The van der Waals surface area contributed by atoms with Crippen LogP contribution in [-0.4, -0.2) is 20.7 Å². The second-order valence-corrected chi connectivity index (χ2v) is 13.6. The minimum atomic E-state index is 0.598. The van der Waals surface area contributed by atoms with Gasteiger partial charge in [0, 0.05) is 68.1 Å². The van der Waals surface area contributed by atoms with Crippen LogP contribution in [0.2, 0.25) is 0 Å². The Morgan fingerprint density at radius 1 is 0.556 bits per heavy atom. The van der Waals surface area contributed by atoms with Crippen LogP contribution in [0.5, 0.6) is 0 Å². The van der Waals surface area contributed by atoms with E-state index in [2.05, 4.69) is 189 Å². The molecule has 0 radical (unpaired) electrons. The lowest BCUT2D eigenvalue weighted by molar-refractivity contribution is 0.899. The molecule has 5 nitrogen and oxygen atoms in total. The van der Waals surface area contributed by atoms with Gasteiger partial charge in [0.15, 0.2) is 0 Å². The first-order chi connectivity index (χ1) is 26.7. The predicted molar refractivity (Wildman–Crippen MR) is 226 cm³/mol. The molecule has 0 atom stereocenters. The van der Waals surface area contributed by atoms with Gasteiger partial charge >= 0.3 is 0 Å². The first-order valence-corrected chi connectivity index (χ1v) is 18.3. The van der Waals surface area contributed by atoms with Crippen molar-refractivity contribution in [1.82, 2.24) is 19.0 Å². The molecule has 7 aromatic carbocycles. The van der Waals surface area contributed by atoms with Crippen LogP contribution in [0.25, 0.3) is 82.5 Å². The fourth-order valence-corrected chi connectivity index (χ4v) is 8.50. The quantitative estimate of drug-likeness (QED) is 0.169. The molecule has 0 fully saturated rings. The molecule has 54 heavy (non-hydrogen) atoms. The number of benzene rings is 7. The summed E-state index contributed by atoms with van der Waals surface area (Å²) in [6.45, 7) is 0.657. The van der Waals surface area contributed by atoms with Crippen molar-refractivity contribution >= 4 is 76.8 Å². The Kier molecular flexibility index (Phi) is 7.42. The molecule has 3 aromatic heterocycles. The van der Waals surface area contributed by atoms with E-state index in [4.69, 9.17) is 0 Å². The van der Waals surface area contributed by atoms with E-state index in [0.29, 0.717) is 12.1 Å². The van der Waals surface area contributed by atoms with Crippen molar-refractivity contribution in [1.29, 1.82) is 5.26 Å². The Morgan fingerprint density at radius 2 is 0.981 bits per heavy atom. The average Bonchev–Trinajstić information content (AvgIpc) is 3.86. The maximum absolute atomic E-state index is 10.4. The van der Waals surface area contributed by atoms with E-state index >= 15 is 0 Å². The zero-order valence-corrected chi connectivity index (χ0v) is 29.7. The first-order valence-electron chi connectivity index (χ1n) is 18.3.